The fourth-order valence-electron chi connectivity index (χ4n) is 1.04. The number of rotatable bonds is 3. The quantitative estimate of drug-likeness (QED) is 0.585. The predicted octanol–water partition coefficient (Wildman–Crippen LogP) is 2.73. The number of hydrogen-bond donors (Lipinski definition) is 1. The van der Waals surface area contributed by atoms with Crippen LogP contribution in [0, 0.1) is 0 Å². The summed E-state index contributed by atoms with van der Waals surface area (Å²) >= 11 is 5.73. The summed E-state index contributed by atoms with van der Waals surface area (Å²) in [5, 5.41) is 0. The van der Waals surface area contributed by atoms with Crippen LogP contribution in [0.2, 0.25) is 0 Å². The highest BCUT2D eigenvalue weighted by molar-refractivity contribution is 6.17. The molecule has 1 nitrogen and oxygen atoms in total. The highest BCUT2D eigenvalue weighted by Gasteiger charge is 1.96. The van der Waals surface area contributed by atoms with Crippen molar-refractivity contribution >= 4 is 11.6 Å². The third-order valence-corrected chi connectivity index (χ3v) is 1.91. The molecule has 0 heterocycles. The van der Waals surface area contributed by atoms with E-state index in [9.17, 15) is 0 Å². The first-order valence-electron chi connectivity index (χ1n) is 4.20. The van der Waals surface area contributed by atoms with Crippen molar-refractivity contribution in [2.45, 2.75) is 12.3 Å². The van der Waals surface area contributed by atoms with E-state index in [1.54, 1.807) is 0 Å². The van der Waals surface area contributed by atoms with Crippen LogP contribution in [0.3, 0.4) is 0 Å². The molecular weight excluding hydrogens is 182 g/mol. The molecule has 0 fully saturated rings. The fraction of sp³-hybridized carbons (Fsp3) is 0.273. The van der Waals surface area contributed by atoms with Crippen LogP contribution in [-0.2, 0) is 12.3 Å². The summed E-state index contributed by atoms with van der Waals surface area (Å²) in [5.74, 6) is 0.587. The lowest BCUT2D eigenvalue weighted by atomic mass is 10.1. The van der Waals surface area contributed by atoms with Crippen LogP contribution in [-0.4, -0.2) is 7.05 Å². The van der Waals surface area contributed by atoms with Crippen LogP contribution in [0.15, 0.2) is 36.9 Å². The second-order valence-corrected chi connectivity index (χ2v) is 2.66. The first-order valence-corrected chi connectivity index (χ1v) is 4.73. The zero-order valence-electron chi connectivity index (χ0n) is 7.96. The minimum atomic E-state index is 0.587. The van der Waals surface area contributed by atoms with Gasteiger partial charge in [0.15, 0.2) is 0 Å². The normalized spacial score (nSPS) is 8.54. The Hall–Kier alpha value is -0.790. The Balaban J connectivity index is 0.000000671. The molecule has 13 heavy (non-hydrogen) atoms. The fourth-order valence-corrected chi connectivity index (χ4v) is 1.30. The molecule has 0 aliphatic heterocycles. The van der Waals surface area contributed by atoms with Gasteiger partial charge in [-0.2, -0.15) is 0 Å². The summed E-state index contributed by atoms with van der Waals surface area (Å²) in [5.41, 5.74) is 6.98. The van der Waals surface area contributed by atoms with Gasteiger partial charge < -0.3 is 5.73 Å². The van der Waals surface area contributed by atoms with E-state index in [0.29, 0.717) is 5.88 Å². The molecule has 0 amide bonds. The lowest BCUT2D eigenvalue weighted by molar-refractivity contribution is 1.20. The maximum Gasteiger partial charge on any atom is 0.0476 e. The van der Waals surface area contributed by atoms with Crippen molar-refractivity contribution < 1.29 is 0 Å². The molecule has 0 saturated carbocycles. The molecule has 1 aromatic carbocycles. The molecular formula is C11H16ClN. The average Bonchev–Trinajstić information content (AvgIpc) is 2.22. The van der Waals surface area contributed by atoms with Gasteiger partial charge in [-0.1, -0.05) is 30.3 Å². The van der Waals surface area contributed by atoms with E-state index in [-0.39, 0.29) is 0 Å². The van der Waals surface area contributed by atoms with Crippen molar-refractivity contribution in [3.8, 4) is 0 Å². The van der Waals surface area contributed by atoms with Crippen molar-refractivity contribution in [3.63, 3.8) is 0 Å². The first-order chi connectivity index (χ1) is 6.38. The molecule has 1 rings (SSSR count). The molecule has 0 saturated heterocycles. The van der Waals surface area contributed by atoms with Crippen LogP contribution < -0.4 is 5.73 Å². The van der Waals surface area contributed by atoms with Crippen molar-refractivity contribution in [2.24, 2.45) is 5.73 Å². The maximum atomic E-state index is 5.73. The Morgan fingerprint density at radius 3 is 2.31 bits per heavy atom. The number of hydrogen-bond acceptors (Lipinski definition) is 1. The van der Waals surface area contributed by atoms with E-state index in [0.717, 1.165) is 6.42 Å². The summed E-state index contributed by atoms with van der Waals surface area (Å²) in [6.45, 7) is 3.69. The maximum absolute atomic E-state index is 5.73. The molecule has 0 bridgehead atoms. The molecule has 0 atom stereocenters. The smallest absolute Gasteiger partial charge is 0.0476 e. The topological polar surface area (TPSA) is 26.0 Å². The third-order valence-electron chi connectivity index (χ3n) is 1.63. The molecule has 0 aliphatic rings. The lowest BCUT2D eigenvalue weighted by Crippen LogP contribution is -1.87. The third kappa shape index (κ3) is 4.11. The van der Waals surface area contributed by atoms with Gasteiger partial charge in [0, 0.05) is 5.88 Å². The molecule has 2 N–H and O–H groups in total. The first kappa shape index (κ1) is 12.2. The minimum Gasteiger partial charge on any atom is -0.333 e. The summed E-state index contributed by atoms with van der Waals surface area (Å²) in [6, 6.07) is 8.16. The summed E-state index contributed by atoms with van der Waals surface area (Å²) < 4.78 is 0. The van der Waals surface area contributed by atoms with E-state index in [1.165, 1.54) is 18.2 Å². The van der Waals surface area contributed by atoms with Gasteiger partial charge in [0.05, 0.1) is 0 Å². The van der Waals surface area contributed by atoms with E-state index in [2.05, 4.69) is 18.4 Å². The zero-order valence-corrected chi connectivity index (χ0v) is 8.72. The number of nitrogens with two attached hydrogens (primary N) is 1. The Morgan fingerprint density at radius 1 is 1.31 bits per heavy atom. The standard InChI is InChI=1S/C10H11Cl.CH5N/c1-2-5-9-6-3-4-7-10(9)8-11;1-2/h2-4,6-7H,1,5,8H2;2H2,1H3. The van der Waals surface area contributed by atoms with E-state index in [4.69, 9.17) is 11.6 Å². The molecule has 0 aromatic heterocycles. The van der Waals surface area contributed by atoms with Gasteiger partial charge in [-0.05, 0) is 24.6 Å². The Bertz CT molecular complexity index is 246. The van der Waals surface area contributed by atoms with Crippen LogP contribution in [0.4, 0.5) is 0 Å². The van der Waals surface area contributed by atoms with E-state index < -0.39 is 0 Å². The van der Waals surface area contributed by atoms with Crippen molar-refractivity contribution in [3.05, 3.63) is 48.0 Å². The van der Waals surface area contributed by atoms with Gasteiger partial charge in [-0.3, -0.25) is 0 Å². The monoisotopic (exact) mass is 197 g/mol. The van der Waals surface area contributed by atoms with Crippen LogP contribution in [0.5, 0.6) is 0 Å². The summed E-state index contributed by atoms with van der Waals surface area (Å²) in [7, 11) is 1.50. The molecule has 0 aliphatic carbocycles. The molecule has 72 valence electrons. The second kappa shape index (κ2) is 7.84. The van der Waals surface area contributed by atoms with Crippen LogP contribution in [0.25, 0.3) is 0 Å². The number of allylic oxidation sites excluding steroid dienone is 1. The van der Waals surface area contributed by atoms with Crippen molar-refractivity contribution in [1.29, 1.82) is 0 Å². The average molecular weight is 198 g/mol. The van der Waals surface area contributed by atoms with E-state index >= 15 is 0 Å². The van der Waals surface area contributed by atoms with Gasteiger partial charge in [0.25, 0.3) is 0 Å². The predicted molar refractivity (Wildman–Crippen MR) is 60.0 cm³/mol. The molecule has 0 unspecified atom stereocenters. The van der Waals surface area contributed by atoms with Gasteiger partial charge in [0.2, 0.25) is 0 Å². The Morgan fingerprint density at radius 2 is 1.85 bits per heavy atom. The van der Waals surface area contributed by atoms with Gasteiger partial charge in [-0.15, -0.1) is 18.2 Å². The minimum absolute atomic E-state index is 0.587. The lowest BCUT2D eigenvalue weighted by Gasteiger charge is -2.02. The molecule has 0 spiro atoms. The molecule has 0 radical (unpaired) electrons. The highest BCUT2D eigenvalue weighted by atomic mass is 35.5. The van der Waals surface area contributed by atoms with Crippen LogP contribution in [0.1, 0.15) is 11.1 Å². The number of benzene rings is 1. The van der Waals surface area contributed by atoms with Gasteiger partial charge in [0.1, 0.15) is 0 Å². The summed E-state index contributed by atoms with van der Waals surface area (Å²) in [4.78, 5) is 0. The number of halogens is 1. The molecule has 2 heteroatoms. The Kier molecular flexibility index (Phi) is 7.36. The zero-order chi connectivity index (χ0) is 10.1. The van der Waals surface area contributed by atoms with Gasteiger partial charge in [-0.25, -0.2) is 0 Å². The second-order valence-electron chi connectivity index (χ2n) is 2.40. The summed E-state index contributed by atoms with van der Waals surface area (Å²) in [6.07, 6.45) is 2.80. The van der Waals surface area contributed by atoms with E-state index in [1.807, 2.05) is 24.3 Å². The van der Waals surface area contributed by atoms with Gasteiger partial charge >= 0.3 is 0 Å². The van der Waals surface area contributed by atoms with Crippen molar-refractivity contribution in [2.75, 3.05) is 7.05 Å². The Labute approximate surface area is 85.2 Å². The SMILES string of the molecule is C=CCc1ccccc1CCl.CN. The largest absolute Gasteiger partial charge is 0.333 e. The number of alkyl halides is 1. The van der Waals surface area contributed by atoms with Crippen molar-refractivity contribution in [1.82, 2.24) is 0 Å². The highest BCUT2D eigenvalue weighted by Crippen LogP contribution is 2.11. The molecule has 1 aromatic rings. The van der Waals surface area contributed by atoms with Crippen LogP contribution >= 0.6 is 11.6 Å².